The average molecular weight is 476 g/mol. The number of amides is 3. The van der Waals surface area contributed by atoms with E-state index < -0.39 is 34.5 Å². The molecule has 176 valence electrons. The molecule has 0 spiro atoms. The highest BCUT2D eigenvalue weighted by Gasteiger charge is 2.29. The van der Waals surface area contributed by atoms with Crippen molar-refractivity contribution in [2.45, 2.75) is 17.7 Å². The number of aryl methyl sites for hydroxylation is 1. The first-order chi connectivity index (χ1) is 15.8. The topological polar surface area (TPSA) is 131 Å². The number of nitrogens with one attached hydrogen (secondary N) is 2. The summed E-state index contributed by atoms with van der Waals surface area (Å²) in [5, 5.41) is 4.40. The van der Waals surface area contributed by atoms with Gasteiger partial charge >= 0.3 is 12.0 Å². The summed E-state index contributed by atoms with van der Waals surface area (Å²) >= 11 is 0. The molecule has 33 heavy (non-hydrogen) atoms. The van der Waals surface area contributed by atoms with Gasteiger partial charge in [0.1, 0.15) is 0 Å². The van der Waals surface area contributed by atoms with E-state index in [0.29, 0.717) is 18.7 Å². The second kappa shape index (κ2) is 10.9. The molecule has 0 saturated heterocycles. The Hall–Kier alpha value is -3.44. The largest absolute Gasteiger partial charge is 0.452 e. The fraction of sp³-hybridized carbons (Fsp3) is 0.318. The van der Waals surface area contributed by atoms with Crippen molar-refractivity contribution in [3.8, 4) is 0 Å². The molecule has 3 amide bonds. The van der Waals surface area contributed by atoms with Gasteiger partial charge in [-0.05, 0) is 48.7 Å². The zero-order valence-electron chi connectivity index (χ0n) is 18.1. The number of esters is 1. The minimum absolute atomic E-state index is 0.0428. The Morgan fingerprint density at radius 2 is 1.79 bits per heavy atom. The van der Waals surface area contributed by atoms with Crippen molar-refractivity contribution in [3.63, 3.8) is 0 Å². The number of hydrogen-bond donors (Lipinski definition) is 2. The molecule has 10 nitrogen and oxygen atoms in total. The molecule has 11 heteroatoms. The van der Waals surface area contributed by atoms with Gasteiger partial charge in [0.25, 0.3) is 15.9 Å². The van der Waals surface area contributed by atoms with Crippen LogP contribution in [0.25, 0.3) is 0 Å². The summed E-state index contributed by atoms with van der Waals surface area (Å²) in [7, 11) is -2.33. The molecule has 0 atom stereocenters. The van der Waals surface area contributed by atoms with Crippen LogP contribution in [0, 0.1) is 0 Å². The number of nitrogens with zero attached hydrogens (tertiary/aromatic N) is 1. The second-order valence-corrected chi connectivity index (χ2v) is 9.07. The van der Waals surface area contributed by atoms with E-state index in [9.17, 15) is 22.8 Å². The molecule has 0 bridgehead atoms. The molecule has 0 unspecified atom stereocenters. The number of urea groups is 1. The van der Waals surface area contributed by atoms with Crippen molar-refractivity contribution >= 4 is 33.6 Å². The molecule has 1 heterocycles. The molecule has 0 saturated carbocycles. The van der Waals surface area contributed by atoms with Crippen LogP contribution in [0.2, 0.25) is 0 Å². The van der Waals surface area contributed by atoms with Crippen LogP contribution < -0.4 is 14.9 Å². The number of sulfonamides is 1. The molecule has 2 aromatic carbocycles. The van der Waals surface area contributed by atoms with Gasteiger partial charge in [-0.25, -0.2) is 18.0 Å². The molecule has 0 aromatic heterocycles. The van der Waals surface area contributed by atoms with Crippen LogP contribution in [0.4, 0.5) is 10.5 Å². The summed E-state index contributed by atoms with van der Waals surface area (Å²) < 4.78 is 37.3. The maximum atomic E-state index is 13.2. The van der Waals surface area contributed by atoms with Crippen molar-refractivity contribution in [1.82, 2.24) is 10.6 Å². The van der Waals surface area contributed by atoms with Gasteiger partial charge in [0, 0.05) is 20.2 Å². The molecule has 0 aliphatic carbocycles. The average Bonchev–Trinajstić information content (AvgIpc) is 2.82. The molecule has 1 aliphatic heterocycles. The van der Waals surface area contributed by atoms with Crippen molar-refractivity contribution < 1.29 is 32.3 Å². The number of benzene rings is 2. The van der Waals surface area contributed by atoms with Gasteiger partial charge in [0.05, 0.1) is 22.8 Å². The predicted molar refractivity (Wildman–Crippen MR) is 119 cm³/mol. The Kier molecular flexibility index (Phi) is 8.01. The lowest BCUT2D eigenvalue weighted by Crippen LogP contribution is -2.42. The number of hydrogen-bond acceptors (Lipinski definition) is 7. The van der Waals surface area contributed by atoms with E-state index >= 15 is 0 Å². The quantitative estimate of drug-likeness (QED) is 0.436. The molecule has 3 rings (SSSR count). The van der Waals surface area contributed by atoms with Crippen molar-refractivity contribution in [2.24, 2.45) is 0 Å². The van der Waals surface area contributed by atoms with Crippen LogP contribution in [0.15, 0.2) is 53.4 Å². The molecular formula is C22H25N3O7S. The second-order valence-electron chi connectivity index (χ2n) is 7.21. The SMILES string of the molecule is COCCNC(=O)NC(=O)COC(=O)c1ccc(S(=O)(=O)N2CCCc3ccccc32)cc1. The molecule has 0 fully saturated rings. The highest BCUT2D eigenvalue weighted by Crippen LogP contribution is 2.31. The lowest BCUT2D eigenvalue weighted by Gasteiger charge is -2.30. The first-order valence-corrected chi connectivity index (χ1v) is 11.7. The first kappa shape index (κ1) is 24.2. The van der Waals surface area contributed by atoms with E-state index in [4.69, 9.17) is 9.47 Å². The van der Waals surface area contributed by atoms with Gasteiger partial charge in [0.2, 0.25) is 0 Å². The summed E-state index contributed by atoms with van der Waals surface area (Å²) in [5.74, 6) is -1.63. The summed E-state index contributed by atoms with van der Waals surface area (Å²) in [5.41, 5.74) is 1.70. The molecule has 2 aromatic rings. The van der Waals surface area contributed by atoms with Crippen molar-refractivity contribution in [2.75, 3.05) is 37.7 Å². The van der Waals surface area contributed by atoms with E-state index in [1.54, 1.807) is 12.1 Å². The normalized spacial score (nSPS) is 13.1. The fourth-order valence-electron chi connectivity index (χ4n) is 3.33. The molecule has 2 N–H and O–H groups in total. The lowest BCUT2D eigenvalue weighted by molar-refractivity contribution is -0.123. The maximum Gasteiger partial charge on any atom is 0.338 e. The van der Waals surface area contributed by atoms with E-state index in [1.165, 1.54) is 35.7 Å². The number of imide groups is 1. The number of anilines is 1. The minimum atomic E-state index is -3.80. The number of para-hydroxylation sites is 1. The van der Waals surface area contributed by atoms with Crippen LogP contribution in [-0.4, -0.2) is 59.7 Å². The van der Waals surface area contributed by atoms with E-state index in [1.807, 2.05) is 17.4 Å². The van der Waals surface area contributed by atoms with Crippen LogP contribution in [0.3, 0.4) is 0 Å². The van der Waals surface area contributed by atoms with Crippen LogP contribution in [0.5, 0.6) is 0 Å². The van der Waals surface area contributed by atoms with E-state index in [0.717, 1.165) is 12.0 Å². The highest BCUT2D eigenvalue weighted by molar-refractivity contribution is 7.92. The van der Waals surface area contributed by atoms with Gasteiger partial charge in [-0.1, -0.05) is 18.2 Å². The third kappa shape index (κ3) is 6.08. The summed E-state index contributed by atoms with van der Waals surface area (Å²) in [6, 6.07) is 11.9. The minimum Gasteiger partial charge on any atom is -0.452 e. The summed E-state index contributed by atoms with van der Waals surface area (Å²) in [6.45, 7) is 0.207. The molecule has 0 radical (unpaired) electrons. The van der Waals surface area contributed by atoms with E-state index in [-0.39, 0.29) is 23.6 Å². The number of fused-ring (bicyclic) bond motifs is 1. The van der Waals surface area contributed by atoms with Gasteiger partial charge in [-0.15, -0.1) is 0 Å². The lowest BCUT2D eigenvalue weighted by atomic mass is 10.0. The number of methoxy groups -OCH3 is 1. The van der Waals surface area contributed by atoms with Gasteiger partial charge in [-0.3, -0.25) is 14.4 Å². The Morgan fingerprint density at radius 1 is 1.06 bits per heavy atom. The zero-order valence-corrected chi connectivity index (χ0v) is 18.9. The van der Waals surface area contributed by atoms with Crippen molar-refractivity contribution in [1.29, 1.82) is 0 Å². The summed E-state index contributed by atoms with van der Waals surface area (Å²) in [4.78, 5) is 35.4. The van der Waals surface area contributed by atoms with Crippen LogP contribution in [0.1, 0.15) is 22.3 Å². The Morgan fingerprint density at radius 3 is 2.52 bits per heavy atom. The molecular weight excluding hydrogens is 450 g/mol. The monoisotopic (exact) mass is 475 g/mol. The van der Waals surface area contributed by atoms with E-state index in [2.05, 4.69) is 5.32 Å². The van der Waals surface area contributed by atoms with Crippen molar-refractivity contribution in [3.05, 3.63) is 59.7 Å². The number of ether oxygens (including phenoxy) is 2. The molecule has 1 aliphatic rings. The number of carbonyl (C=O) groups excluding carboxylic acids is 3. The first-order valence-electron chi connectivity index (χ1n) is 10.3. The van der Waals surface area contributed by atoms with Crippen LogP contribution >= 0.6 is 0 Å². The zero-order chi connectivity index (χ0) is 23.8. The third-order valence-corrected chi connectivity index (χ3v) is 6.75. The predicted octanol–water partition coefficient (Wildman–Crippen LogP) is 1.46. The fourth-order valence-corrected chi connectivity index (χ4v) is 4.87. The Balaban J connectivity index is 1.59. The number of rotatable bonds is 8. The Bertz CT molecular complexity index is 1120. The highest BCUT2D eigenvalue weighted by atomic mass is 32.2. The smallest absolute Gasteiger partial charge is 0.338 e. The number of carbonyl (C=O) groups is 3. The third-order valence-electron chi connectivity index (χ3n) is 4.92. The standard InChI is InChI=1S/C22H25N3O7S/c1-31-14-12-23-22(28)24-20(26)15-32-21(27)17-8-10-18(11-9-17)33(29,30)25-13-4-6-16-5-2-3-7-19(16)25/h2-3,5,7-11H,4,6,12-15H2,1H3,(H2,23,24,26,28). The van der Waals surface area contributed by atoms with Gasteiger partial charge in [-0.2, -0.15) is 0 Å². The Labute approximate surface area is 191 Å². The van der Waals surface area contributed by atoms with Crippen LogP contribution in [-0.2, 0) is 30.7 Å². The maximum absolute atomic E-state index is 13.2. The van der Waals surface area contributed by atoms with Gasteiger partial charge < -0.3 is 14.8 Å². The van der Waals surface area contributed by atoms with Gasteiger partial charge in [0.15, 0.2) is 6.61 Å². The summed E-state index contributed by atoms with van der Waals surface area (Å²) in [6.07, 6.45) is 1.53.